The highest BCUT2D eigenvalue weighted by Crippen LogP contribution is 2.32. The van der Waals surface area contributed by atoms with E-state index in [1.807, 2.05) is 12.1 Å². The van der Waals surface area contributed by atoms with Crippen molar-refractivity contribution in [3.05, 3.63) is 41.4 Å². The smallest absolute Gasteiger partial charge is 0.137 e. The molecule has 1 aliphatic heterocycles. The second-order valence-corrected chi connectivity index (χ2v) is 5.47. The van der Waals surface area contributed by atoms with E-state index in [2.05, 4.69) is 28.9 Å². The third-order valence-corrected chi connectivity index (χ3v) is 4.11. The number of benzene rings is 1. The summed E-state index contributed by atoms with van der Waals surface area (Å²) < 4.78 is 5.34. The van der Waals surface area contributed by atoms with Gasteiger partial charge in [0, 0.05) is 32.2 Å². The average molecular weight is 368 g/mol. The molecular weight excluding hydrogens is 343 g/mol. The van der Waals surface area contributed by atoms with Gasteiger partial charge in [-0.05, 0) is 30.5 Å². The van der Waals surface area contributed by atoms with Gasteiger partial charge in [-0.25, -0.2) is 0 Å². The molecule has 6 heteroatoms. The fourth-order valence-corrected chi connectivity index (χ4v) is 2.91. The summed E-state index contributed by atoms with van der Waals surface area (Å²) in [5, 5.41) is 4.07. The maximum atomic E-state index is 6.13. The molecule has 1 aliphatic rings. The van der Waals surface area contributed by atoms with Gasteiger partial charge in [0.05, 0.1) is 12.1 Å². The van der Waals surface area contributed by atoms with E-state index in [1.165, 1.54) is 5.56 Å². The van der Waals surface area contributed by atoms with Crippen LogP contribution in [0.4, 0.5) is 0 Å². The summed E-state index contributed by atoms with van der Waals surface area (Å²) in [4.78, 5) is 2.53. The van der Waals surface area contributed by atoms with Gasteiger partial charge in [-0.1, -0.05) is 23.7 Å². The number of piperazine rings is 1. The topological polar surface area (TPSA) is 24.5 Å². The van der Waals surface area contributed by atoms with Gasteiger partial charge >= 0.3 is 0 Å². The molecule has 0 saturated carbocycles. The molecule has 0 amide bonds. The summed E-state index contributed by atoms with van der Waals surface area (Å²) >= 11 is 6.13. The minimum absolute atomic E-state index is 0. The summed E-state index contributed by atoms with van der Waals surface area (Å²) in [5.41, 5.74) is 1.27. The molecule has 1 aromatic carbocycles. The van der Waals surface area contributed by atoms with E-state index in [4.69, 9.17) is 16.3 Å². The quantitative estimate of drug-likeness (QED) is 0.766. The Bertz CT molecular complexity index is 451. The third-order valence-electron chi connectivity index (χ3n) is 3.80. The Morgan fingerprint density at radius 1 is 1.36 bits per heavy atom. The van der Waals surface area contributed by atoms with Crippen molar-refractivity contribution in [1.82, 2.24) is 10.2 Å². The standard InChI is InChI=1S/C16H23ClN2O.2ClH/c1-3-4-5-15(19-10-8-18-9-11-19)13-6-7-14(17)16(12-13)20-2;;/h3,6-7,12,15,18H,1,4-5,8-11H2,2H3;2*1H/t15-;;/m1../s1. The molecule has 22 heavy (non-hydrogen) atoms. The molecule has 0 radical (unpaired) electrons. The summed E-state index contributed by atoms with van der Waals surface area (Å²) in [6.45, 7) is 8.10. The highest BCUT2D eigenvalue weighted by molar-refractivity contribution is 6.32. The Balaban J connectivity index is 0.00000220. The van der Waals surface area contributed by atoms with Crippen molar-refractivity contribution in [3.63, 3.8) is 0 Å². The van der Waals surface area contributed by atoms with Crippen LogP contribution in [0.3, 0.4) is 0 Å². The van der Waals surface area contributed by atoms with Gasteiger partial charge in [0.15, 0.2) is 0 Å². The van der Waals surface area contributed by atoms with Crippen LogP contribution in [0.1, 0.15) is 24.4 Å². The number of halogens is 3. The second kappa shape index (κ2) is 11.1. The Kier molecular flexibility index (Phi) is 10.9. The highest BCUT2D eigenvalue weighted by atomic mass is 35.5. The van der Waals surface area contributed by atoms with Crippen LogP contribution < -0.4 is 10.1 Å². The molecule has 0 aromatic heterocycles. The number of hydrogen-bond donors (Lipinski definition) is 1. The Morgan fingerprint density at radius 3 is 2.64 bits per heavy atom. The van der Waals surface area contributed by atoms with Crippen LogP contribution in [0, 0.1) is 0 Å². The third kappa shape index (κ3) is 5.64. The molecule has 0 bridgehead atoms. The number of methoxy groups -OCH3 is 1. The molecule has 1 saturated heterocycles. The van der Waals surface area contributed by atoms with E-state index in [0.29, 0.717) is 11.1 Å². The molecule has 1 N–H and O–H groups in total. The predicted molar refractivity (Wildman–Crippen MR) is 99.1 cm³/mol. The first-order chi connectivity index (χ1) is 9.76. The number of hydrogen-bond acceptors (Lipinski definition) is 3. The molecule has 1 heterocycles. The zero-order chi connectivity index (χ0) is 14.4. The minimum atomic E-state index is 0. The van der Waals surface area contributed by atoms with Crippen LogP contribution in [0.2, 0.25) is 5.02 Å². The highest BCUT2D eigenvalue weighted by Gasteiger charge is 2.22. The van der Waals surface area contributed by atoms with Gasteiger partial charge in [0.25, 0.3) is 0 Å². The first-order valence-corrected chi connectivity index (χ1v) is 7.53. The van der Waals surface area contributed by atoms with E-state index in [-0.39, 0.29) is 24.8 Å². The zero-order valence-electron chi connectivity index (χ0n) is 12.9. The van der Waals surface area contributed by atoms with Crippen molar-refractivity contribution in [2.24, 2.45) is 0 Å². The molecule has 0 unspecified atom stereocenters. The van der Waals surface area contributed by atoms with Gasteiger partial charge in [-0.15, -0.1) is 31.4 Å². The Morgan fingerprint density at radius 2 is 2.05 bits per heavy atom. The molecule has 1 atom stereocenters. The first-order valence-electron chi connectivity index (χ1n) is 7.15. The summed E-state index contributed by atoms with van der Waals surface area (Å²) in [6.07, 6.45) is 4.08. The molecule has 2 rings (SSSR count). The van der Waals surface area contributed by atoms with E-state index in [9.17, 15) is 0 Å². The largest absolute Gasteiger partial charge is 0.495 e. The van der Waals surface area contributed by atoms with E-state index >= 15 is 0 Å². The molecule has 1 aromatic rings. The van der Waals surface area contributed by atoms with Crippen LogP contribution in [-0.2, 0) is 0 Å². The lowest BCUT2D eigenvalue weighted by Crippen LogP contribution is -2.45. The number of nitrogens with one attached hydrogen (secondary N) is 1. The first kappa shape index (κ1) is 21.6. The lowest BCUT2D eigenvalue weighted by molar-refractivity contribution is 0.166. The average Bonchev–Trinajstić information content (AvgIpc) is 2.50. The summed E-state index contributed by atoms with van der Waals surface area (Å²) in [7, 11) is 1.66. The molecule has 0 spiro atoms. The number of nitrogens with zero attached hydrogens (tertiary/aromatic N) is 1. The number of allylic oxidation sites excluding steroid dienone is 1. The fraction of sp³-hybridized carbons (Fsp3) is 0.500. The Hall–Kier alpha value is -0.450. The van der Waals surface area contributed by atoms with E-state index in [0.717, 1.165) is 44.8 Å². The van der Waals surface area contributed by atoms with Gasteiger partial charge in [0.1, 0.15) is 5.75 Å². The zero-order valence-corrected chi connectivity index (χ0v) is 15.3. The fourth-order valence-electron chi connectivity index (χ4n) is 2.71. The minimum Gasteiger partial charge on any atom is -0.495 e. The van der Waals surface area contributed by atoms with Crippen LogP contribution in [0.5, 0.6) is 5.75 Å². The maximum Gasteiger partial charge on any atom is 0.137 e. The molecule has 0 aliphatic carbocycles. The molecule has 3 nitrogen and oxygen atoms in total. The van der Waals surface area contributed by atoms with Crippen molar-refractivity contribution in [2.45, 2.75) is 18.9 Å². The van der Waals surface area contributed by atoms with E-state index in [1.54, 1.807) is 7.11 Å². The van der Waals surface area contributed by atoms with Gasteiger partial charge in [-0.2, -0.15) is 0 Å². The van der Waals surface area contributed by atoms with Crippen LogP contribution in [0.15, 0.2) is 30.9 Å². The molecular formula is C16H25Cl3N2O. The Labute approximate surface area is 150 Å². The van der Waals surface area contributed by atoms with Gasteiger partial charge < -0.3 is 10.1 Å². The lowest BCUT2D eigenvalue weighted by atomic mass is 9.99. The van der Waals surface area contributed by atoms with Crippen molar-refractivity contribution in [2.75, 3.05) is 33.3 Å². The number of rotatable bonds is 6. The van der Waals surface area contributed by atoms with Crippen molar-refractivity contribution >= 4 is 36.4 Å². The van der Waals surface area contributed by atoms with E-state index < -0.39 is 0 Å². The predicted octanol–water partition coefficient (Wildman–Crippen LogP) is 4.10. The van der Waals surface area contributed by atoms with Crippen molar-refractivity contribution in [3.8, 4) is 5.75 Å². The van der Waals surface area contributed by atoms with Gasteiger partial charge in [-0.3, -0.25) is 4.90 Å². The normalized spacial score (nSPS) is 16.1. The number of ether oxygens (including phenoxy) is 1. The van der Waals surface area contributed by atoms with Crippen LogP contribution >= 0.6 is 36.4 Å². The summed E-state index contributed by atoms with van der Waals surface area (Å²) in [5.74, 6) is 0.753. The van der Waals surface area contributed by atoms with Gasteiger partial charge in [0.2, 0.25) is 0 Å². The second-order valence-electron chi connectivity index (χ2n) is 5.06. The molecule has 1 fully saturated rings. The molecule has 126 valence electrons. The van der Waals surface area contributed by atoms with Crippen LogP contribution in [-0.4, -0.2) is 38.2 Å². The van der Waals surface area contributed by atoms with Crippen molar-refractivity contribution < 1.29 is 4.74 Å². The SMILES string of the molecule is C=CCC[C@H](c1ccc(Cl)c(OC)c1)N1CCNCC1.Cl.Cl. The summed E-state index contributed by atoms with van der Waals surface area (Å²) in [6, 6.07) is 6.51. The lowest BCUT2D eigenvalue weighted by Gasteiger charge is -2.35. The van der Waals surface area contributed by atoms with Crippen molar-refractivity contribution in [1.29, 1.82) is 0 Å². The monoisotopic (exact) mass is 366 g/mol. The maximum absolute atomic E-state index is 6.13. The van der Waals surface area contributed by atoms with Crippen LogP contribution in [0.25, 0.3) is 0 Å².